The quantitative estimate of drug-likeness (QED) is 0.0797. The Morgan fingerprint density at radius 1 is 0.640 bits per heavy atom. The predicted octanol–water partition coefficient (Wildman–Crippen LogP) is -0.980. The van der Waals surface area contributed by atoms with Crippen LogP contribution in [-0.2, 0) is 46.4 Å². The Morgan fingerprint density at radius 3 is 1.56 bits per heavy atom. The highest BCUT2D eigenvalue weighted by molar-refractivity contribution is 5.97. The molecule has 0 unspecified atom stereocenters. The number of phenolic OH excluding ortho intramolecular Hbond substituents is 2. The molecule has 2 aromatic carbocycles. The van der Waals surface area contributed by atoms with E-state index in [1.54, 1.807) is 13.8 Å². The lowest BCUT2D eigenvalue weighted by atomic mass is 10.0. The summed E-state index contributed by atoms with van der Waals surface area (Å²) < 4.78 is 0. The summed E-state index contributed by atoms with van der Waals surface area (Å²) in [5.74, 6) is -7.66. The van der Waals surface area contributed by atoms with E-state index in [1.165, 1.54) is 48.5 Å². The molecule has 17 heteroatoms. The molecule has 0 heterocycles. The Hall–Kier alpha value is -5.71. The van der Waals surface area contributed by atoms with E-state index in [4.69, 9.17) is 11.5 Å². The van der Waals surface area contributed by atoms with Crippen molar-refractivity contribution in [1.29, 1.82) is 0 Å². The van der Waals surface area contributed by atoms with Gasteiger partial charge in [-0.25, -0.2) is 4.79 Å². The highest BCUT2D eigenvalue weighted by atomic mass is 16.4. The number of phenols is 2. The number of hydrogen-bond donors (Lipinski definition) is 10. The summed E-state index contributed by atoms with van der Waals surface area (Å²) >= 11 is 0. The minimum atomic E-state index is -1.68. The van der Waals surface area contributed by atoms with Crippen LogP contribution < -0.4 is 32.7 Å². The van der Waals surface area contributed by atoms with Gasteiger partial charge in [-0.15, -0.1) is 0 Å². The number of carboxylic acid groups (broad SMARTS) is 2. The maximum Gasteiger partial charge on any atom is 0.326 e. The van der Waals surface area contributed by atoms with E-state index in [9.17, 15) is 54.0 Å². The van der Waals surface area contributed by atoms with Crippen molar-refractivity contribution < 1.29 is 54.0 Å². The maximum absolute atomic E-state index is 13.4. The van der Waals surface area contributed by atoms with Gasteiger partial charge >= 0.3 is 11.9 Å². The molecule has 5 atom stereocenters. The third-order valence-electron chi connectivity index (χ3n) is 7.38. The molecule has 17 nitrogen and oxygen atoms in total. The minimum absolute atomic E-state index is 0.00189. The van der Waals surface area contributed by atoms with Gasteiger partial charge in [-0.2, -0.15) is 0 Å². The molecule has 50 heavy (non-hydrogen) atoms. The smallest absolute Gasteiger partial charge is 0.326 e. The molecule has 0 aliphatic rings. The summed E-state index contributed by atoms with van der Waals surface area (Å²) in [5.41, 5.74) is 12.4. The molecule has 2 aromatic rings. The van der Waals surface area contributed by atoms with Crippen molar-refractivity contribution in [2.75, 3.05) is 0 Å². The first-order chi connectivity index (χ1) is 23.4. The Kier molecular flexibility index (Phi) is 15.6. The summed E-state index contributed by atoms with van der Waals surface area (Å²) in [4.78, 5) is 88.1. The highest BCUT2D eigenvalue weighted by Crippen LogP contribution is 2.14. The van der Waals surface area contributed by atoms with E-state index in [1.807, 2.05) is 0 Å². The number of aliphatic carboxylic acids is 2. The number of aromatic hydroxyl groups is 2. The van der Waals surface area contributed by atoms with Gasteiger partial charge in [0.25, 0.3) is 0 Å². The van der Waals surface area contributed by atoms with Gasteiger partial charge in [0.2, 0.25) is 29.5 Å². The topological polar surface area (TPSA) is 301 Å². The molecular formula is C33H44N6O11. The number of rotatable bonds is 20. The highest BCUT2D eigenvalue weighted by Gasteiger charge is 2.33. The van der Waals surface area contributed by atoms with Crippen LogP contribution in [0.2, 0.25) is 0 Å². The van der Waals surface area contributed by atoms with Crippen LogP contribution in [0.15, 0.2) is 48.5 Å². The van der Waals surface area contributed by atoms with Crippen LogP contribution >= 0.6 is 0 Å². The molecule has 2 rings (SSSR count). The number of benzene rings is 2. The van der Waals surface area contributed by atoms with Gasteiger partial charge in [0, 0.05) is 12.8 Å². The summed E-state index contributed by atoms with van der Waals surface area (Å²) in [7, 11) is 0. The zero-order chi connectivity index (χ0) is 37.5. The molecule has 272 valence electrons. The van der Waals surface area contributed by atoms with E-state index in [2.05, 4.69) is 21.3 Å². The van der Waals surface area contributed by atoms with E-state index in [0.29, 0.717) is 11.1 Å². The van der Waals surface area contributed by atoms with Gasteiger partial charge in [-0.1, -0.05) is 38.1 Å². The first-order valence-corrected chi connectivity index (χ1v) is 15.7. The first kappa shape index (κ1) is 40.5. The molecule has 0 saturated carbocycles. The summed E-state index contributed by atoms with van der Waals surface area (Å²) in [6.07, 6.45) is -1.85. The van der Waals surface area contributed by atoms with Crippen LogP contribution in [0.4, 0.5) is 0 Å². The lowest BCUT2D eigenvalue weighted by molar-refractivity contribution is -0.142. The van der Waals surface area contributed by atoms with E-state index < -0.39 is 90.9 Å². The number of primary amides is 1. The van der Waals surface area contributed by atoms with Crippen LogP contribution in [0.25, 0.3) is 0 Å². The normalized spacial score (nSPS) is 13.9. The first-order valence-electron chi connectivity index (χ1n) is 15.7. The van der Waals surface area contributed by atoms with Crippen LogP contribution in [-0.4, -0.2) is 92.1 Å². The van der Waals surface area contributed by atoms with Crippen LogP contribution in [0.3, 0.4) is 0 Å². The maximum atomic E-state index is 13.4. The van der Waals surface area contributed by atoms with Crippen molar-refractivity contribution in [3.8, 4) is 11.5 Å². The third-order valence-corrected chi connectivity index (χ3v) is 7.38. The number of amides is 5. The van der Waals surface area contributed by atoms with Crippen molar-refractivity contribution >= 4 is 41.5 Å². The third kappa shape index (κ3) is 14.2. The van der Waals surface area contributed by atoms with E-state index in [-0.39, 0.29) is 36.7 Å². The van der Waals surface area contributed by atoms with Crippen LogP contribution in [0.5, 0.6) is 11.5 Å². The minimum Gasteiger partial charge on any atom is -0.508 e. The second-order valence-electron chi connectivity index (χ2n) is 12.2. The molecular weight excluding hydrogens is 656 g/mol. The number of carbonyl (C=O) groups excluding carboxylic acids is 5. The zero-order valence-electron chi connectivity index (χ0n) is 27.6. The molecule has 0 aliphatic heterocycles. The SMILES string of the molecule is CC(C)C[C@H](NC(=O)[C@H](CC(N)=O)NC(=O)[C@H](CCC(=O)O)NC(=O)[C@@H](N)Cc1ccc(O)cc1)C(=O)N[C@@H](Cc1ccc(O)cc1)C(=O)O. The number of nitrogens with two attached hydrogens (primary N) is 2. The van der Waals surface area contributed by atoms with Gasteiger partial charge in [-0.05, 0) is 60.6 Å². The predicted molar refractivity (Wildman–Crippen MR) is 177 cm³/mol. The lowest BCUT2D eigenvalue weighted by Crippen LogP contribution is -2.59. The monoisotopic (exact) mass is 700 g/mol. The average Bonchev–Trinajstić information content (AvgIpc) is 3.03. The zero-order valence-corrected chi connectivity index (χ0v) is 27.6. The summed E-state index contributed by atoms with van der Waals surface area (Å²) in [6.45, 7) is 3.48. The Morgan fingerprint density at radius 2 is 1.08 bits per heavy atom. The second kappa shape index (κ2) is 19.3. The average molecular weight is 701 g/mol. The lowest BCUT2D eigenvalue weighted by Gasteiger charge is -2.26. The molecule has 0 saturated heterocycles. The van der Waals surface area contributed by atoms with Crippen molar-refractivity contribution in [3.63, 3.8) is 0 Å². The molecule has 0 radical (unpaired) electrons. The second-order valence-corrected chi connectivity index (χ2v) is 12.2. The Balaban J connectivity index is 2.22. The molecule has 0 bridgehead atoms. The van der Waals surface area contributed by atoms with Gasteiger partial charge < -0.3 is 53.2 Å². The van der Waals surface area contributed by atoms with Crippen LogP contribution in [0, 0.1) is 5.92 Å². The standard InChI is InChI=1S/C33H44N6O11/c1-17(2)13-24(31(47)39-26(33(49)50)15-19-5-9-21(41)10-6-19)37-32(48)25(16-27(35)42)38-30(46)23(11-12-28(43)44)36-29(45)22(34)14-18-3-7-20(40)8-4-18/h3-10,17,22-26,40-41H,11-16,34H2,1-2H3,(H2,35,42)(H,36,45)(H,37,48)(H,38,46)(H,39,47)(H,43,44)(H,49,50)/t22-,23-,24-,25-,26-/m0/s1. The number of carboxylic acids is 2. The van der Waals surface area contributed by atoms with Crippen molar-refractivity contribution in [2.45, 2.75) is 82.6 Å². The Bertz CT molecular complexity index is 1520. The fraction of sp³-hybridized carbons (Fsp3) is 0.424. The molecule has 5 amide bonds. The fourth-order valence-electron chi connectivity index (χ4n) is 4.79. The van der Waals surface area contributed by atoms with Gasteiger partial charge in [0.05, 0.1) is 12.5 Å². The van der Waals surface area contributed by atoms with Crippen molar-refractivity contribution in [2.24, 2.45) is 17.4 Å². The summed E-state index contributed by atoms with van der Waals surface area (Å²) in [6, 6.07) is 4.42. The van der Waals surface area contributed by atoms with E-state index in [0.717, 1.165) is 0 Å². The van der Waals surface area contributed by atoms with Crippen molar-refractivity contribution in [3.05, 3.63) is 59.7 Å². The number of nitrogens with one attached hydrogen (secondary N) is 4. The van der Waals surface area contributed by atoms with E-state index >= 15 is 0 Å². The summed E-state index contributed by atoms with van der Waals surface area (Å²) in [5, 5.41) is 47.4. The molecule has 0 aliphatic carbocycles. The number of carbonyl (C=O) groups is 7. The van der Waals surface area contributed by atoms with Crippen LogP contribution in [0.1, 0.15) is 50.7 Å². The largest absolute Gasteiger partial charge is 0.508 e. The van der Waals surface area contributed by atoms with Gasteiger partial charge in [0.15, 0.2) is 0 Å². The molecule has 0 aromatic heterocycles. The van der Waals surface area contributed by atoms with Crippen molar-refractivity contribution in [1.82, 2.24) is 21.3 Å². The fourth-order valence-corrected chi connectivity index (χ4v) is 4.79. The molecule has 0 fully saturated rings. The van der Waals surface area contributed by atoms with Gasteiger partial charge in [-0.3, -0.25) is 28.8 Å². The Labute approximate surface area is 287 Å². The molecule has 0 spiro atoms. The molecule has 12 N–H and O–H groups in total. The van der Waals surface area contributed by atoms with Gasteiger partial charge in [0.1, 0.15) is 35.7 Å². The number of hydrogen-bond acceptors (Lipinski definition) is 10.